The molecule has 0 N–H and O–H groups in total. The van der Waals surface area contributed by atoms with E-state index in [-0.39, 0.29) is 30.6 Å². The van der Waals surface area contributed by atoms with Gasteiger partial charge in [-0.2, -0.15) is 0 Å². The summed E-state index contributed by atoms with van der Waals surface area (Å²) in [6.45, 7) is 0. The van der Waals surface area contributed by atoms with Crippen LogP contribution in [0.1, 0.15) is 0 Å². The molecule has 0 saturated carbocycles. The Bertz CT molecular complexity index is 211. The molecule has 0 atom stereocenters. The molecule has 0 aliphatic rings. The smallest absolute Gasteiger partial charge is 0.759 e. The second kappa shape index (κ2) is 8.22. The van der Waals surface area contributed by atoms with Gasteiger partial charge in [0, 0.05) is 20.8 Å². The van der Waals surface area contributed by atoms with E-state index in [4.69, 9.17) is 35.0 Å². The summed E-state index contributed by atoms with van der Waals surface area (Å²) in [6.07, 6.45) is 0. The molecular formula is H4CuO8S3. The average Bonchev–Trinajstić information content (AvgIpc) is 1.12. The van der Waals surface area contributed by atoms with Crippen molar-refractivity contribution in [3.8, 4) is 0 Å². The Morgan fingerprint density at radius 3 is 0.667 bits per heavy atom. The van der Waals surface area contributed by atoms with Gasteiger partial charge in [-0.1, -0.05) is 0 Å². The van der Waals surface area contributed by atoms with Crippen LogP contribution in [-0.2, 0) is 51.4 Å². The fourth-order valence-electron chi connectivity index (χ4n) is 0. The molecular weight excluding hydrogens is 288 g/mol. The third-order valence-electron chi connectivity index (χ3n) is 0. The monoisotopic (exact) mass is 291 g/mol. The van der Waals surface area contributed by atoms with Crippen molar-refractivity contribution in [3.05, 3.63) is 0 Å². The van der Waals surface area contributed by atoms with Crippen LogP contribution in [0.4, 0.5) is 0 Å². The number of hydrogen-bond acceptors (Lipinski definition) is 8. The zero-order valence-electron chi connectivity index (χ0n) is 5.09. The van der Waals surface area contributed by atoms with Crippen molar-refractivity contribution in [1.82, 2.24) is 0 Å². The molecule has 0 aromatic carbocycles. The van der Waals surface area contributed by atoms with Crippen LogP contribution >= 0.6 is 0 Å². The summed E-state index contributed by atoms with van der Waals surface area (Å²) in [5.41, 5.74) is 0. The first-order valence-corrected chi connectivity index (χ1v) is 4.00. The number of hydrogen-bond donors (Lipinski definition) is 0. The molecule has 12 heteroatoms. The minimum atomic E-state index is -5.17. The maximum atomic E-state index is 8.52. The van der Waals surface area contributed by atoms with Gasteiger partial charge in [0.05, 0.1) is 0 Å². The molecule has 12 heavy (non-hydrogen) atoms. The maximum Gasteiger partial charge on any atom is 2.00 e. The van der Waals surface area contributed by atoms with Gasteiger partial charge in [0.25, 0.3) is 0 Å². The predicted octanol–water partition coefficient (Wildman–Crippen LogP) is -3.75. The summed E-state index contributed by atoms with van der Waals surface area (Å²) < 4.78 is 68.2. The molecule has 0 amide bonds. The van der Waals surface area contributed by atoms with E-state index in [1.807, 2.05) is 0 Å². The van der Waals surface area contributed by atoms with E-state index in [9.17, 15) is 0 Å². The minimum absolute atomic E-state index is 0. The Kier molecular flexibility index (Phi) is 15.7. The van der Waals surface area contributed by atoms with E-state index in [0.29, 0.717) is 0 Å². The van der Waals surface area contributed by atoms with Crippen LogP contribution in [-0.4, -0.2) is 35.0 Å². The van der Waals surface area contributed by atoms with E-state index in [1.165, 1.54) is 0 Å². The predicted molar refractivity (Wildman–Crippen MR) is 33.9 cm³/mol. The molecule has 0 fully saturated rings. The maximum absolute atomic E-state index is 8.52. The van der Waals surface area contributed by atoms with E-state index in [1.54, 1.807) is 0 Å². The standard InChI is InChI=1S/Cu.2H2O4S.H4S/c;2*1-5(2,3)4;/h;2*(H2,1,2,3,4);1H4/q+2;;;+2/p-4. The van der Waals surface area contributed by atoms with Crippen LogP contribution in [0.5, 0.6) is 0 Å². The largest absolute Gasteiger partial charge is 2.00 e. The first-order valence-electron chi connectivity index (χ1n) is 1.33. The molecule has 0 aromatic rings. The van der Waals surface area contributed by atoms with E-state index in [2.05, 4.69) is 0 Å². The van der Waals surface area contributed by atoms with Crippen LogP contribution in [0.25, 0.3) is 0 Å². The summed E-state index contributed by atoms with van der Waals surface area (Å²) in [4.78, 5) is 0. The van der Waals surface area contributed by atoms with E-state index in [0.717, 1.165) is 0 Å². The zero-order chi connectivity index (χ0) is 9.00. The van der Waals surface area contributed by atoms with Gasteiger partial charge < -0.3 is 18.2 Å². The van der Waals surface area contributed by atoms with Crippen molar-refractivity contribution in [2.45, 2.75) is 0 Å². The van der Waals surface area contributed by atoms with Crippen LogP contribution in [0.3, 0.4) is 0 Å². The Labute approximate surface area is 86.4 Å². The van der Waals surface area contributed by atoms with Crippen molar-refractivity contribution in [1.29, 1.82) is 0 Å². The van der Waals surface area contributed by atoms with Crippen LogP contribution in [0.15, 0.2) is 0 Å². The van der Waals surface area contributed by atoms with Gasteiger partial charge in [0.15, 0.2) is 0 Å². The zero-order valence-corrected chi connectivity index (χ0v) is 9.08. The molecule has 1 radical (unpaired) electrons. The quantitative estimate of drug-likeness (QED) is 0.250. The Balaban J connectivity index is -0.0000000457. The SMILES string of the molecule is O=S(=O)([O-])[O-].O=S(=O)([O-])[O-].[Cu+2].[SH4+2]. The molecule has 0 rings (SSSR count). The van der Waals surface area contributed by atoms with Gasteiger partial charge in [0.1, 0.15) is 0 Å². The van der Waals surface area contributed by atoms with Crippen molar-refractivity contribution in [3.63, 3.8) is 0 Å². The van der Waals surface area contributed by atoms with Gasteiger partial charge in [-0.25, -0.2) is 13.5 Å². The Morgan fingerprint density at radius 2 is 0.667 bits per heavy atom. The third kappa shape index (κ3) is 2640. The second-order valence-electron chi connectivity index (χ2n) is 0.816. The molecule has 0 aromatic heterocycles. The molecule has 0 aliphatic heterocycles. The summed E-state index contributed by atoms with van der Waals surface area (Å²) in [6, 6.07) is 0. The van der Waals surface area contributed by atoms with Crippen molar-refractivity contribution >= 4 is 34.3 Å². The van der Waals surface area contributed by atoms with Crippen LogP contribution < -0.4 is 0 Å². The molecule has 0 spiro atoms. The molecule has 0 heterocycles. The van der Waals surface area contributed by atoms with Crippen molar-refractivity contribution in [2.75, 3.05) is 0 Å². The molecule has 81 valence electrons. The molecule has 0 unspecified atom stereocenters. The summed E-state index contributed by atoms with van der Waals surface area (Å²) in [5.74, 6) is 0. The summed E-state index contributed by atoms with van der Waals surface area (Å²) in [5, 5.41) is 0. The van der Waals surface area contributed by atoms with E-state index >= 15 is 0 Å². The molecule has 0 aliphatic carbocycles. The topological polar surface area (TPSA) is 161 Å². The first-order chi connectivity index (χ1) is 4.00. The van der Waals surface area contributed by atoms with Gasteiger partial charge in [-0.3, -0.25) is 16.8 Å². The van der Waals surface area contributed by atoms with Gasteiger partial charge in [-0.05, 0) is 0 Å². The van der Waals surface area contributed by atoms with Gasteiger partial charge in [0.2, 0.25) is 0 Å². The molecule has 8 nitrogen and oxygen atoms in total. The van der Waals surface area contributed by atoms with Crippen LogP contribution in [0, 0.1) is 0 Å². The Hall–Kier alpha value is 0.609. The first kappa shape index (κ1) is 22.9. The normalized spacial score (nSPS) is 9.67. The molecule has 0 bridgehead atoms. The summed E-state index contributed by atoms with van der Waals surface area (Å²) >= 11 is 0. The fourth-order valence-corrected chi connectivity index (χ4v) is 0. The van der Waals surface area contributed by atoms with Gasteiger partial charge >= 0.3 is 17.1 Å². The molecule has 0 saturated heterocycles. The fraction of sp³-hybridized carbons (Fsp3) is 0. The second-order valence-corrected chi connectivity index (χ2v) is 2.45. The van der Waals surface area contributed by atoms with E-state index < -0.39 is 20.8 Å². The average molecular weight is 292 g/mol. The van der Waals surface area contributed by atoms with Crippen molar-refractivity contribution < 1.29 is 52.1 Å². The van der Waals surface area contributed by atoms with Gasteiger partial charge in [-0.15, -0.1) is 0 Å². The third-order valence-corrected chi connectivity index (χ3v) is 0. The summed E-state index contributed by atoms with van der Waals surface area (Å²) in [7, 11) is -10.3. The van der Waals surface area contributed by atoms with Crippen molar-refractivity contribution in [2.24, 2.45) is 0 Å². The van der Waals surface area contributed by atoms with Crippen LogP contribution in [0.2, 0.25) is 0 Å². The Morgan fingerprint density at radius 1 is 0.667 bits per heavy atom. The number of rotatable bonds is 0. The minimum Gasteiger partial charge on any atom is -0.759 e.